The Morgan fingerprint density at radius 1 is 1.39 bits per heavy atom. The Kier molecular flexibility index (Phi) is 3.75. The molecule has 7 heteroatoms. The predicted molar refractivity (Wildman–Crippen MR) is 62.7 cm³/mol. The van der Waals surface area contributed by atoms with Crippen LogP contribution < -0.4 is 5.32 Å². The monoisotopic (exact) mass is 245 g/mol. The Labute approximate surface area is 103 Å². The van der Waals surface area contributed by atoms with Crippen molar-refractivity contribution in [1.29, 1.82) is 0 Å². The summed E-state index contributed by atoms with van der Waals surface area (Å²) >= 11 is 0. The van der Waals surface area contributed by atoms with E-state index in [1.165, 1.54) is 19.5 Å². The number of hydrogen-bond acceptors (Lipinski definition) is 7. The summed E-state index contributed by atoms with van der Waals surface area (Å²) < 4.78 is 4.53. The summed E-state index contributed by atoms with van der Waals surface area (Å²) in [7, 11) is 1.30. The molecule has 0 unspecified atom stereocenters. The van der Waals surface area contributed by atoms with Gasteiger partial charge in [0.15, 0.2) is 5.69 Å². The van der Waals surface area contributed by atoms with Gasteiger partial charge in [0.2, 0.25) is 0 Å². The van der Waals surface area contributed by atoms with Gasteiger partial charge in [-0.25, -0.2) is 14.8 Å². The maximum Gasteiger partial charge on any atom is 0.358 e. The maximum atomic E-state index is 11.1. The smallest absolute Gasteiger partial charge is 0.358 e. The van der Waals surface area contributed by atoms with Crippen molar-refractivity contribution in [3.05, 3.63) is 42.1 Å². The van der Waals surface area contributed by atoms with Crippen molar-refractivity contribution < 1.29 is 9.53 Å². The Balaban J connectivity index is 1.97. The van der Waals surface area contributed by atoms with Gasteiger partial charge in [-0.1, -0.05) is 0 Å². The minimum atomic E-state index is -0.511. The van der Waals surface area contributed by atoms with Crippen LogP contribution in [-0.4, -0.2) is 33.2 Å². The van der Waals surface area contributed by atoms with Crippen LogP contribution in [0.3, 0.4) is 0 Å². The molecule has 2 aromatic rings. The second kappa shape index (κ2) is 5.67. The van der Waals surface area contributed by atoms with E-state index in [4.69, 9.17) is 0 Å². The average molecular weight is 245 g/mol. The van der Waals surface area contributed by atoms with Gasteiger partial charge in [0.1, 0.15) is 5.82 Å². The van der Waals surface area contributed by atoms with Crippen molar-refractivity contribution in [2.24, 2.45) is 0 Å². The highest BCUT2D eigenvalue weighted by Crippen LogP contribution is 2.03. The van der Waals surface area contributed by atoms with E-state index in [0.717, 1.165) is 5.69 Å². The quantitative estimate of drug-likeness (QED) is 0.791. The van der Waals surface area contributed by atoms with Crippen LogP contribution in [0.15, 0.2) is 30.7 Å². The zero-order chi connectivity index (χ0) is 12.8. The summed E-state index contributed by atoms with van der Waals surface area (Å²) in [5.74, 6) is 0.0382. The van der Waals surface area contributed by atoms with Gasteiger partial charge in [0, 0.05) is 6.20 Å². The van der Waals surface area contributed by atoms with Gasteiger partial charge in [0.25, 0.3) is 0 Å². The van der Waals surface area contributed by atoms with E-state index >= 15 is 0 Å². The van der Waals surface area contributed by atoms with E-state index in [1.807, 2.05) is 6.07 Å². The normalized spacial score (nSPS) is 9.83. The van der Waals surface area contributed by atoms with Crippen LogP contribution in [0.25, 0.3) is 0 Å². The first-order valence-electron chi connectivity index (χ1n) is 5.20. The molecule has 0 bridgehead atoms. The molecule has 0 atom stereocenters. The molecular weight excluding hydrogens is 234 g/mol. The summed E-state index contributed by atoms with van der Waals surface area (Å²) in [4.78, 5) is 19.1. The van der Waals surface area contributed by atoms with E-state index in [-0.39, 0.29) is 5.69 Å². The summed E-state index contributed by atoms with van der Waals surface area (Å²) in [6.07, 6.45) is 4.42. The van der Waals surface area contributed by atoms with Crippen molar-refractivity contribution in [1.82, 2.24) is 20.2 Å². The lowest BCUT2D eigenvalue weighted by atomic mass is 10.4. The number of methoxy groups -OCH3 is 1. The Hall–Kier alpha value is -2.57. The number of carbonyl (C=O) groups is 1. The number of ether oxygens (including phenoxy) is 1. The van der Waals surface area contributed by atoms with Crippen molar-refractivity contribution in [2.45, 2.75) is 6.54 Å². The molecular formula is C11H11N5O2. The molecule has 7 nitrogen and oxygen atoms in total. The standard InChI is InChI=1S/C11H11N5O2/c1-18-11(17)9-6-14-10(7-12-9)13-5-8-3-2-4-15-16-8/h2-4,6-7H,5H2,1H3,(H,13,14). The fraction of sp³-hybridized carbons (Fsp3) is 0.182. The number of rotatable bonds is 4. The summed E-state index contributed by atoms with van der Waals surface area (Å²) in [6, 6.07) is 3.65. The zero-order valence-electron chi connectivity index (χ0n) is 9.70. The third-order valence-corrected chi connectivity index (χ3v) is 2.12. The first kappa shape index (κ1) is 11.9. The Bertz CT molecular complexity index is 515. The minimum absolute atomic E-state index is 0.169. The lowest BCUT2D eigenvalue weighted by Gasteiger charge is -2.04. The van der Waals surface area contributed by atoms with Crippen LogP contribution in [0.5, 0.6) is 0 Å². The van der Waals surface area contributed by atoms with Gasteiger partial charge in [-0.2, -0.15) is 10.2 Å². The fourth-order valence-electron chi connectivity index (χ4n) is 1.24. The zero-order valence-corrected chi connectivity index (χ0v) is 9.70. The van der Waals surface area contributed by atoms with Crippen molar-refractivity contribution >= 4 is 11.8 Å². The lowest BCUT2D eigenvalue weighted by Crippen LogP contribution is -2.08. The third-order valence-electron chi connectivity index (χ3n) is 2.12. The van der Waals surface area contributed by atoms with Gasteiger partial charge < -0.3 is 10.1 Å². The highest BCUT2D eigenvalue weighted by Gasteiger charge is 2.07. The van der Waals surface area contributed by atoms with E-state index in [2.05, 4.69) is 30.2 Å². The molecule has 2 heterocycles. The number of carbonyl (C=O) groups excluding carboxylic acids is 1. The SMILES string of the molecule is COC(=O)c1cnc(NCc2cccnn2)cn1. The van der Waals surface area contributed by atoms with Gasteiger partial charge >= 0.3 is 5.97 Å². The van der Waals surface area contributed by atoms with Crippen molar-refractivity contribution in [3.8, 4) is 0 Å². The molecule has 2 rings (SSSR count). The summed E-state index contributed by atoms with van der Waals surface area (Å²) in [6.45, 7) is 0.486. The number of nitrogens with zero attached hydrogens (tertiary/aromatic N) is 4. The van der Waals surface area contributed by atoms with Gasteiger partial charge in [-0.3, -0.25) is 0 Å². The molecule has 0 fully saturated rings. The van der Waals surface area contributed by atoms with E-state index in [0.29, 0.717) is 12.4 Å². The average Bonchev–Trinajstić information content (AvgIpc) is 2.46. The molecule has 92 valence electrons. The second-order valence-corrected chi connectivity index (χ2v) is 3.35. The van der Waals surface area contributed by atoms with E-state index in [9.17, 15) is 4.79 Å². The largest absolute Gasteiger partial charge is 0.464 e. The van der Waals surface area contributed by atoms with Crippen LogP contribution in [0.4, 0.5) is 5.82 Å². The molecule has 0 saturated carbocycles. The molecule has 0 saturated heterocycles. The highest BCUT2D eigenvalue weighted by atomic mass is 16.5. The molecule has 0 aliphatic carbocycles. The second-order valence-electron chi connectivity index (χ2n) is 3.35. The number of aromatic nitrogens is 4. The molecule has 0 radical (unpaired) electrons. The van der Waals surface area contributed by atoms with Crippen molar-refractivity contribution in [3.63, 3.8) is 0 Å². The van der Waals surface area contributed by atoms with Crippen molar-refractivity contribution in [2.75, 3.05) is 12.4 Å². The Morgan fingerprint density at radius 3 is 2.89 bits per heavy atom. The number of anilines is 1. The highest BCUT2D eigenvalue weighted by molar-refractivity contribution is 5.86. The molecule has 0 aromatic carbocycles. The Morgan fingerprint density at radius 2 is 2.28 bits per heavy atom. The molecule has 0 aliphatic rings. The molecule has 1 N–H and O–H groups in total. The maximum absolute atomic E-state index is 11.1. The number of esters is 1. The molecule has 18 heavy (non-hydrogen) atoms. The molecule has 0 spiro atoms. The minimum Gasteiger partial charge on any atom is -0.464 e. The first-order chi connectivity index (χ1) is 8.79. The summed E-state index contributed by atoms with van der Waals surface area (Å²) in [5.41, 5.74) is 0.957. The van der Waals surface area contributed by atoms with E-state index < -0.39 is 5.97 Å². The topological polar surface area (TPSA) is 89.9 Å². The van der Waals surface area contributed by atoms with Crippen LogP contribution in [0.2, 0.25) is 0 Å². The fourth-order valence-corrected chi connectivity index (χ4v) is 1.24. The van der Waals surface area contributed by atoms with Gasteiger partial charge in [0.05, 0.1) is 31.7 Å². The summed E-state index contributed by atoms with van der Waals surface area (Å²) in [5, 5.41) is 10.7. The van der Waals surface area contributed by atoms with E-state index in [1.54, 1.807) is 12.3 Å². The number of hydrogen-bond donors (Lipinski definition) is 1. The van der Waals surface area contributed by atoms with Crippen LogP contribution in [0, 0.1) is 0 Å². The number of nitrogens with one attached hydrogen (secondary N) is 1. The third kappa shape index (κ3) is 2.97. The van der Waals surface area contributed by atoms with Crippen LogP contribution in [0.1, 0.15) is 16.2 Å². The van der Waals surface area contributed by atoms with Gasteiger partial charge in [-0.15, -0.1) is 0 Å². The lowest BCUT2D eigenvalue weighted by molar-refractivity contribution is 0.0593. The predicted octanol–water partition coefficient (Wildman–Crippen LogP) is 0.665. The van der Waals surface area contributed by atoms with Gasteiger partial charge in [-0.05, 0) is 12.1 Å². The van der Waals surface area contributed by atoms with Crippen LogP contribution >= 0.6 is 0 Å². The molecule has 0 amide bonds. The molecule has 0 aliphatic heterocycles. The van der Waals surface area contributed by atoms with Crippen LogP contribution in [-0.2, 0) is 11.3 Å². The first-order valence-corrected chi connectivity index (χ1v) is 5.20. The molecule has 2 aromatic heterocycles.